The fourth-order valence-corrected chi connectivity index (χ4v) is 3.09. The number of Topliss-reactive ketones (excluding diaryl/α,β-unsaturated/α-hetero) is 1. The third kappa shape index (κ3) is 7.09. The van der Waals surface area contributed by atoms with Gasteiger partial charge in [-0.05, 0) is 37.8 Å². The van der Waals surface area contributed by atoms with Crippen LogP contribution in [0.15, 0.2) is 12.1 Å². The van der Waals surface area contributed by atoms with Gasteiger partial charge in [0.2, 0.25) is 0 Å². The summed E-state index contributed by atoms with van der Waals surface area (Å²) in [7, 11) is 1.30. The fourth-order valence-electron chi connectivity index (χ4n) is 2.07. The van der Waals surface area contributed by atoms with Crippen molar-refractivity contribution in [2.75, 3.05) is 7.11 Å². The number of hydrogen-bond donors (Lipinski definition) is 0. The normalized spacial score (nSPS) is 12.2. The van der Waals surface area contributed by atoms with Gasteiger partial charge in [-0.3, -0.25) is 9.59 Å². The maximum atomic E-state index is 12.7. The Bertz CT molecular complexity index is 581. The van der Waals surface area contributed by atoms with Gasteiger partial charge in [-0.15, -0.1) is 11.3 Å². The molecule has 25 heavy (non-hydrogen) atoms. The van der Waals surface area contributed by atoms with Crippen molar-refractivity contribution in [3.8, 4) is 0 Å². The Labute approximate surface area is 146 Å². The van der Waals surface area contributed by atoms with E-state index < -0.39 is 18.5 Å². The van der Waals surface area contributed by atoms with Crippen molar-refractivity contribution in [1.82, 2.24) is 0 Å². The van der Waals surface area contributed by atoms with Gasteiger partial charge in [-0.2, -0.15) is 22.0 Å². The van der Waals surface area contributed by atoms with Crippen LogP contribution < -0.4 is 0 Å². The average molecular weight is 386 g/mol. The Morgan fingerprint density at radius 3 is 2.32 bits per heavy atom. The van der Waals surface area contributed by atoms with E-state index in [2.05, 4.69) is 4.74 Å². The number of rotatable bonds is 10. The minimum absolute atomic E-state index is 0.0277. The molecule has 0 amide bonds. The molecule has 0 atom stereocenters. The molecule has 0 aromatic carbocycles. The molecule has 0 N–H and O–H groups in total. The predicted molar refractivity (Wildman–Crippen MR) is 83.1 cm³/mol. The number of carbonyl (C=O) groups is 2. The Balaban J connectivity index is 2.35. The number of hydrogen-bond acceptors (Lipinski definition) is 4. The highest BCUT2D eigenvalue weighted by Gasteiger charge is 2.56. The molecule has 1 aromatic rings. The maximum absolute atomic E-state index is 12.7. The van der Waals surface area contributed by atoms with E-state index in [1.54, 1.807) is 12.1 Å². The second-order valence-electron chi connectivity index (χ2n) is 5.53. The Kier molecular flexibility index (Phi) is 7.98. The van der Waals surface area contributed by atoms with Crippen molar-refractivity contribution in [2.45, 2.75) is 57.0 Å². The van der Waals surface area contributed by atoms with Gasteiger partial charge in [-0.1, -0.05) is 0 Å². The lowest BCUT2D eigenvalue weighted by atomic mass is 10.1. The van der Waals surface area contributed by atoms with Crippen LogP contribution in [0.5, 0.6) is 0 Å². The van der Waals surface area contributed by atoms with Crippen LogP contribution in [0.2, 0.25) is 0 Å². The number of methoxy groups -OCH3 is 1. The molecule has 0 bridgehead atoms. The summed E-state index contributed by atoms with van der Waals surface area (Å²) in [4.78, 5) is 24.3. The zero-order valence-electron chi connectivity index (χ0n) is 13.6. The van der Waals surface area contributed by atoms with E-state index in [1.165, 1.54) is 18.4 Å². The van der Waals surface area contributed by atoms with E-state index in [1.807, 2.05) is 0 Å². The average Bonchev–Trinajstić information content (AvgIpc) is 2.99. The summed E-state index contributed by atoms with van der Waals surface area (Å²) >= 11 is 1.24. The number of halogens is 5. The number of carbonyl (C=O) groups excluding carboxylic acids is 2. The molecule has 0 aliphatic rings. The van der Waals surface area contributed by atoms with Crippen molar-refractivity contribution >= 4 is 23.1 Å². The van der Waals surface area contributed by atoms with Gasteiger partial charge < -0.3 is 4.74 Å². The highest BCUT2D eigenvalue weighted by Crippen LogP contribution is 2.39. The number of alkyl halides is 5. The zero-order valence-corrected chi connectivity index (χ0v) is 14.4. The van der Waals surface area contributed by atoms with Crippen molar-refractivity contribution in [2.24, 2.45) is 0 Å². The molecule has 0 spiro atoms. The molecule has 1 heterocycles. The van der Waals surface area contributed by atoms with Gasteiger partial charge in [0, 0.05) is 24.1 Å². The summed E-state index contributed by atoms with van der Waals surface area (Å²) in [6.45, 7) is 0. The first-order chi connectivity index (χ1) is 11.6. The van der Waals surface area contributed by atoms with Gasteiger partial charge in [0.25, 0.3) is 0 Å². The number of unbranched alkanes of at least 4 members (excludes halogenated alkanes) is 1. The Hall–Kier alpha value is -1.51. The van der Waals surface area contributed by atoms with Gasteiger partial charge in [0.05, 0.1) is 12.0 Å². The monoisotopic (exact) mass is 386 g/mol. The van der Waals surface area contributed by atoms with Crippen LogP contribution in [0.1, 0.15) is 53.1 Å². The standard InChI is InChI=1S/C16H19F5O3S/c1-24-14(23)7-4-5-11-8-9-13(25-11)12(22)6-2-3-10-15(17,18)16(19,20)21/h8-9H,2-7,10H2,1H3. The smallest absolute Gasteiger partial charge is 0.453 e. The zero-order chi connectivity index (χ0) is 19.1. The van der Waals surface area contributed by atoms with Gasteiger partial charge >= 0.3 is 18.1 Å². The molecule has 9 heteroatoms. The van der Waals surface area contributed by atoms with E-state index in [-0.39, 0.29) is 37.4 Å². The minimum Gasteiger partial charge on any atom is -0.469 e. The molecule has 0 aliphatic heterocycles. The number of thiophene rings is 1. The molecule has 1 aromatic heterocycles. The number of esters is 1. The second kappa shape index (κ2) is 9.26. The molecular weight excluding hydrogens is 367 g/mol. The second-order valence-corrected chi connectivity index (χ2v) is 6.70. The SMILES string of the molecule is COC(=O)CCCc1ccc(C(=O)CCCCC(F)(F)C(F)(F)F)s1. The van der Waals surface area contributed by atoms with Crippen LogP contribution >= 0.6 is 11.3 Å². The molecule has 0 fully saturated rings. The first-order valence-electron chi connectivity index (χ1n) is 7.70. The molecule has 0 saturated carbocycles. The summed E-state index contributed by atoms with van der Waals surface area (Å²) in [6.07, 6.45) is -5.90. The van der Waals surface area contributed by atoms with Crippen molar-refractivity contribution < 1.29 is 36.3 Å². The molecular formula is C16H19F5O3S. The summed E-state index contributed by atoms with van der Waals surface area (Å²) in [6, 6.07) is 3.35. The molecule has 3 nitrogen and oxygen atoms in total. The fraction of sp³-hybridized carbons (Fsp3) is 0.625. The minimum atomic E-state index is -5.55. The van der Waals surface area contributed by atoms with Crippen LogP contribution in [0.25, 0.3) is 0 Å². The highest BCUT2D eigenvalue weighted by atomic mass is 32.1. The van der Waals surface area contributed by atoms with Crippen LogP contribution in [0, 0.1) is 0 Å². The third-order valence-electron chi connectivity index (χ3n) is 3.53. The lowest BCUT2D eigenvalue weighted by molar-refractivity contribution is -0.284. The summed E-state index contributed by atoms with van der Waals surface area (Å²) in [5.74, 6) is -5.31. The largest absolute Gasteiger partial charge is 0.469 e. The van der Waals surface area contributed by atoms with E-state index in [0.717, 1.165) is 4.88 Å². The molecule has 0 aliphatic carbocycles. The van der Waals surface area contributed by atoms with Gasteiger partial charge in [0.1, 0.15) is 0 Å². The van der Waals surface area contributed by atoms with E-state index in [4.69, 9.17) is 0 Å². The summed E-state index contributed by atoms with van der Waals surface area (Å²) in [5, 5.41) is 0. The van der Waals surface area contributed by atoms with Gasteiger partial charge in [-0.25, -0.2) is 0 Å². The molecule has 142 valence electrons. The maximum Gasteiger partial charge on any atom is 0.453 e. The van der Waals surface area contributed by atoms with E-state index in [9.17, 15) is 31.5 Å². The molecule has 0 unspecified atom stereocenters. The lowest BCUT2D eigenvalue weighted by Gasteiger charge is -2.19. The van der Waals surface area contributed by atoms with Crippen molar-refractivity contribution in [3.05, 3.63) is 21.9 Å². The molecule has 1 rings (SSSR count). The third-order valence-corrected chi connectivity index (χ3v) is 4.71. The number of aryl methyl sites for hydroxylation is 1. The van der Waals surface area contributed by atoms with Crippen LogP contribution in [0.3, 0.4) is 0 Å². The first-order valence-corrected chi connectivity index (χ1v) is 8.52. The topological polar surface area (TPSA) is 43.4 Å². The van der Waals surface area contributed by atoms with E-state index in [0.29, 0.717) is 17.7 Å². The molecule has 0 radical (unpaired) electrons. The van der Waals surface area contributed by atoms with E-state index >= 15 is 0 Å². The highest BCUT2D eigenvalue weighted by molar-refractivity contribution is 7.14. The summed E-state index contributed by atoms with van der Waals surface area (Å²) in [5.41, 5.74) is 0. The number of ketones is 1. The van der Waals surface area contributed by atoms with Gasteiger partial charge in [0.15, 0.2) is 5.78 Å². The van der Waals surface area contributed by atoms with Crippen LogP contribution in [-0.4, -0.2) is 31.0 Å². The first kappa shape index (κ1) is 21.5. The Morgan fingerprint density at radius 1 is 1.04 bits per heavy atom. The summed E-state index contributed by atoms with van der Waals surface area (Å²) < 4.78 is 66.1. The quantitative estimate of drug-likeness (QED) is 0.241. The number of ether oxygens (including phenoxy) is 1. The predicted octanol–water partition coefficient (Wildman–Crippen LogP) is 5.18. The van der Waals surface area contributed by atoms with Crippen molar-refractivity contribution in [1.29, 1.82) is 0 Å². The van der Waals surface area contributed by atoms with Crippen LogP contribution in [-0.2, 0) is 16.0 Å². The lowest BCUT2D eigenvalue weighted by Crippen LogP contribution is -2.36. The molecule has 0 saturated heterocycles. The Morgan fingerprint density at radius 2 is 1.72 bits per heavy atom. The van der Waals surface area contributed by atoms with Crippen molar-refractivity contribution in [3.63, 3.8) is 0 Å². The van der Waals surface area contributed by atoms with Crippen LogP contribution in [0.4, 0.5) is 22.0 Å².